The van der Waals surface area contributed by atoms with Crippen LogP contribution in [0.3, 0.4) is 0 Å². The van der Waals surface area contributed by atoms with Gasteiger partial charge in [-0.05, 0) is 48.7 Å². The number of amides is 1. The second-order valence-corrected chi connectivity index (χ2v) is 8.08. The summed E-state index contributed by atoms with van der Waals surface area (Å²) in [6.45, 7) is 4.30. The summed E-state index contributed by atoms with van der Waals surface area (Å²) in [5.41, 5.74) is 6.41. The Bertz CT molecular complexity index is 1290. The van der Waals surface area contributed by atoms with Crippen LogP contribution in [0.25, 0.3) is 27.7 Å². The number of halogens is 1. The Hall–Kier alpha value is -3.50. The fraction of sp³-hybridized carbons (Fsp3) is 0.148. The fourth-order valence-electron chi connectivity index (χ4n) is 3.83. The number of rotatable bonds is 6. The molecule has 4 rings (SSSR count). The van der Waals surface area contributed by atoms with Crippen molar-refractivity contribution in [2.24, 2.45) is 0 Å². The second kappa shape index (κ2) is 9.33. The van der Waals surface area contributed by atoms with Crippen molar-refractivity contribution >= 4 is 34.1 Å². The van der Waals surface area contributed by atoms with Crippen LogP contribution in [0.2, 0.25) is 5.02 Å². The van der Waals surface area contributed by atoms with Crippen molar-refractivity contribution in [1.29, 1.82) is 0 Å². The van der Waals surface area contributed by atoms with Crippen molar-refractivity contribution in [2.45, 2.75) is 20.4 Å². The third-order valence-electron chi connectivity index (χ3n) is 5.49. The zero-order chi connectivity index (χ0) is 22.7. The summed E-state index contributed by atoms with van der Waals surface area (Å²) in [5, 5.41) is 4.58. The molecule has 1 aromatic heterocycles. The van der Waals surface area contributed by atoms with Crippen LogP contribution >= 0.6 is 11.6 Å². The van der Waals surface area contributed by atoms with Crippen molar-refractivity contribution in [3.63, 3.8) is 0 Å². The molecule has 4 nitrogen and oxygen atoms in total. The van der Waals surface area contributed by atoms with E-state index >= 15 is 0 Å². The van der Waals surface area contributed by atoms with E-state index in [2.05, 4.69) is 17.4 Å². The lowest BCUT2D eigenvalue weighted by atomic mass is 9.96. The van der Waals surface area contributed by atoms with E-state index in [4.69, 9.17) is 20.8 Å². The highest BCUT2D eigenvalue weighted by atomic mass is 35.5. The summed E-state index contributed by atoms with van der Waals surface area (Å²) >= 11 is 5.92. The molecule has 1 amide bonds. The molecule has 0 bridgehead atoms. The van der Waals surface area contributed by atoms with Gasteiger partial charge in [0.25, 0.3) is 0 Å². The molecular weight excluding hydrogens is 422 g/mol. The Kier molecular flexibility index (Phi) is 6.33. The van der Waals surface area contributed by atoms with E-state index in [9.17, 15) is 4.79 Å². The molecule has 0 radical (unpaired) electrons. The predicted octanol–water partition coefficient (Wildman–Crippen LogP) is 6.79. The maximum Gasteiger partial charge on any atom is 0.244 e. The zero-order valence-corrected chi connectivity index (χ0v) is 19.0. The average Bonchev–Trinajstić information content (AvgIpc) is 3.23. The first-order valence-corrected chi connectivity index (χ1v) is 10.7. The number of hydrogen-bond donors (Lipinski definition) is 1. The van der Waals surface area contributed by atoms with Gasteiger partial charge in [-0.3, -0.25) is 4.79 Å². The summed E-state index contributed by atoms with van der Waals surface area (Å²) in [7, 11) is 1.63. The van der Waals surface area contributed by atoms with Crippen LogP contribution in [0.4, 0.5) is 0 Å². The SMILES string of the molecule is COc1c(/C(C)=C/C(=O)NCc2ccc(Cl)cc2)cc2c(-c3ccccc3)coc2c1C. The van der Waals surface area contributed by atoms with E-state index in [1.807, 2.05) is 62.4 Å². The second-order valence-electron chi connectivity index (χ2n) is 7.65. The molecule has 0 spiro atoms. The molecule has 0 atom stereocenters. The molecule has 0 fully saturated rings. The summed E-state index contributed by atoms with van der Waals surface area (Å²) in [4.78, 5) is 12.6. The minimum atomic E-state index is -0.173. The van der Waals surface area contributed by atoms with Crippen LogP contribution in [0.15, 0.2) is 77.4 Å². The number of methoxy groups -OCH3 is 1. The number of carbonyl (C=O) groups is 1. The molecule has 0 saturated heterocycles. The van der Waals surface area contributed by atoms with Gasteiger partial charge in [0.15, 0.2) is 0 Å². The number of benzene rings is 3. The molecule has 0 aliphatic rings. The first-order chi connectivity index (χ1) is 15.5. The smallest absolute Gasteiger partial charge is 0.244 e. The molecule has 0 saturated carbocycles. The van der Waals surface area contributed by atoms with Gasteiger partial charge in [0.2, 0.25) is 5.91 Å². The van der Waals surface area contributed by atoms with Crippen LogP contribution in [0.5, 0.6) is 5.75 Å². The number of nitrogens with one attached hydrogen (secondary N) is 1. The molecule has 5 heteroatoms. The minimum absolute atomic E-state index is 0.173. The summed E-state index contributed by atoms with van der Waals surface area (Å²) in [6.07, 6.45) is 3.37. The van der Waals surface area contributed by atoms with E-state index in [0.717, 1.165) is 44.4 Å². The van der Waals surface area contributed by atoms with Gasteiger partial charge in [-0.25, -0.2) is 0 Å². The molecular formula is C27H24ClNO3. The van der Waals surface area contributed by atoms with Crippen molar-refractivity contribution in [3.05, 3.63) is 94.7 Å². The first-order valence-electron chi connectivity index (χ1n) is 10.3. The van der Waals surface area contributed by atoms with Gasteiger partial charge in [-0.1, -0.05) is 54.1 Å². The topological polar surface area (TPSA) is 51.5 Å². The third kappa shape index (κ3) is 4.41. The monoisotopic (exact) mass is 445 g/mol. The van der Waals surface area contributed by atoms with Gasteiger partial charge in [-0.15, -0.1) is 0 Å². The number of carbonyl (C=O) groups excluding carboxylic acids is 1. The first kappa shape index (κ1) is 21.7. The van der Waals surface area contributed by atoms with Gasteiger partial charge in [0.05, 0.1) is 13.4 Å². The van der Waals surface area contributed by atoms with E-state index in [-0.39, 0.29) is 5.91 Å². The third-order valence-corrected chi connectivity index (χ3v) is 5.74. The molecule has 162 valence electrons. The van der Waals surface area contributed by atoms with Crippen molar-refractivity contribution in [3.8, 4) is 16.9 Å². The lowest BCUT2D eigenvalue weighted by Gasteiger charge is -2.13. The molecule has 0 aliphatic carbocycles. The van der Waals surface area contributed by atoms with Crippen LogP contribution in [-0.2, 0) is 11.3 Å². The van der Waals surface area contributed by atoms with E-state index in [1.54, 1.807) is 19.4 Å². The maximum atomic E-state index is 12.6. The number of aryl methyl sites for hydroxylation is 1. The van der Waals surface area contributed by atoms with Crippen LogP contribution in [-0.4, -0.2) is 13.0 Å². The van der Waals surface area contributed by atoms with Crippen LogP contribution in [0, 0.1) is 6.92 Å². The van der Waals surface area contributed by atoms with Crippen LogP contribution in [0.1, 0.15) is 23.6 Å². The van der Waals surface area contributed by atoms with Crippen molar-refractivity contribution in [2.75, 3.05) is 7.11 Å². The number of furan rings is 1. The highest BCUT2D eigenvalue weighted by Gasteiger charge is 2.18. The molecule has 1 heterocycles. The van der Waals surface area contributed by atoms with Gasteiger partial charge in [-0.2, -0.15) is 0 Å². The Labute approximate surface area is 192 Å². The molecule has 1 N–H and O–H groups in total. The van der Waals surface area contributed by atoms with Gasteiger partial charge in [0.1, 0.15) is 11.3 Å². The lowest BCUT2D eigenvalue weighted by molar-refractivity contribution is -0.116. The maximum absolute atomic E-state index is 12.6. The molecule has 3 aromatic carbocycles. The lowest BCUT2D eigenvalue weighted by Crippen LogP contribution is -2.20. The number of fused-ring (bicyclic) bond motifs is 1. The number of hydrogen-bond acceptors (Lipinski definition) is 3. The minimum Gasteiger partial charge on any atom is -0.496 e. The highest BCUT2D eigenvalue weighted by Crippen LogP contribution is 2.40. The average molecular weight is 446 g/mol. The predicted molar refractivity (Wildman–Crippen MR) is 130 cm³/mol. The van der Waals surface area contributed by atoms with Crippen molar-refractivity contribution < 1.29 is 13.9 Å². The quantitative estimate of drug-likeness (QED) is 0.332. The van der Waals surface area contributed by atoms with E-state index in [1.165, 1.54) is 0 Å². The Morgan fingerprint density at radius 1 is 1.12 bits per heavy atom. The zero-order valence-electron chi connectivity index (χ0n) is 18.2. The standard InChI is InChI=1S/C27H24ClNO3/c1-17(13-25(30)29-15-19-9-11-21(28)12-10-19)22-14-23-24(20-7-5-4-6-8-20)16-32-27(23)18(2)26(22)31-3/h4-14,16H,15H2,1-3H3,(H,29,30)/b17-13+. The van der Waals surface area contributed by atoms with Crippen LogP contribution < -0.4 is 10.1 Å². The summed E-state index contributed by atoms with van der Waals surface area (Å²) in [6, 6.07) is 19.5. The largest absolute Gasteiger partial charge is 0.496 e. The number of allylic oxidation sites excluding steroid dienone is 1. The Morgan fingerprint density at radius 3 is 2.53 bits per heavy atom. The molecule has 32 heavy (non-hydrogen) atoms. The van der Waals surface area contributed by atoms with E-state index in [0.29, 0.717) is 17.3 Å². The molecule has 0 unspecified atom stereocenters. The van der Waals surface area contributed by atoms with Gasteiger partial charge < -0.3 is 14.5 Å². The van der Waals surface area contributed by atoms with E-state index < -0.39 is 0 Å². The summed E-state index contributed by atoms with van der Waals surface area (Å²) in [5.74, 6) is 0.526. The summed E-state index contributed by atoms with van der Waals surface area (Å²) < 4.78 is 11.6. The molecule has 0 aliphatic heterocycles. The fourth-order valence-corrected chi connectivity index (χ4v) is 3.96. The van der Waals surface area contributed by atoms with Gasteiger partial charge >= 0.3 is 0 Å². The Morgan fingerprint density at radius 2 is 1.84 bits per heavy atom. The Balaban J connectivity index is 1.67. The molecule has 4 aromatic rings. The highest BCUT2D eigenvalue weighted by molar-refractivity contribution is 6.30. The van der Waals surface area contributed by atoms with Gasteiger partial charge in [0, 0.05) is 39.7 Å². The van der Waals surface area contributed by atoms with Crippen molar-refractivity contribution in [1.82, 2.24) is 5.32 Å². The number of ether oxygens (including phenoxy) is 1. The normalized spacial score (nSPS) is 11.6.